The molecule has 0 heterocycles. The molecule has 11 heavy (non-hydrogen) atoms. The molecule has 0 amide bonds. The van der Waals surface area contributed by atoms with E-state index in [1.165, 1.54) is 0 Å². The molecule has 0 unspecified atom stereocenters. The van der Waals surface area contributed by atoms with Crippen LogP contribution in [0, 0.1) is 11.8 Å². The Kier molecular flexibility index (Phi) is 1.90. The molecule has 2 bridgehead atoms. The highest BCUT2D eigenvalue weighted by Crippen LogP contribution is 2.39. The van der Waals surface area contributed by atoms with Gasteiger partial charge in [0.2, 0.25) is 0 Å². The molecule has 64 valence electrons. The predicted molar refractivity (Wildman–Crippen MR) is 42.1 cm³/mol. The molecule has 2 N–H and O–H groups in total. The topological polar surface area (TPSA) is 40.5 Å². The quantitative estimate of drug-likeness (QED) is 0.547. The highest BCUT2D eigenvalue weighted by Gasteiger charge is 2.36. The van der Waals surface area contributed by atoms with Gasteiger partial charge in [-0.15, -0.1) is 0 Å². The molecule has 2 rings (SSSR count). The summed E-state index contributed by atoms with van der Waals surface area (Å²) in [5.74, 6) is 0.995. The number of hydrogen-bond donors (Lipinski definition) is 2. The van der Waals surface area contributed by atoms with Crippen molar-refractivity contribution in [1.82, 2.24) is 0 Å². The zero-order chi connectivity index (χ0) is 7.84. The Morgan fingerprint density at radius 3 is 1.64 bits per heavy atom. The summed E-state index contributed by atoms with van der Waals surface area (Å²) in [6, 6.07) is 0. The first-order valence-corrected chi connectivity index (χ1v) is 4.63. The van der Waals surface area contributed by atoms with Crippen LogP contribution in [0.2, 0.25) is 0 Å². The third kappa shape index (κ3) is 1.30. The van der Waals surface area contributed by atoms with E-state index in [1.54, 1.807) is 0 Å². The fraction of sp³-hybridized carbons (Fsp3) is 1.00. The van der Waals surface area contributed by atoms with E-state index in [9.17, 15) is 10.2 Å². The molecule has 0 aromatic carbocycles. The summed E-state index contributed by atoms with van der Waals surface area (Å²) >= 11 is 0. The van der Waals surface area contributed by atoms with Crippen molar-refractivity contribution in [2.45, 2.75) is 44.3 Å². The van der Waals surface area contributed by atoms with Crippen molar-refractivity contribution in [2.75, 3.05) is 0 Å². The lowest BCUT2D eigenvalue weighted by Gasteiger charge is -2.40. The zero-order valence-electron chi connectivity index (χ0n) is 6.74. The van der Waals surface area contributed by atoms with Crippen LogP contribution in [0.15, 0.2) is 0 Å². The van der Waals surface area contributed by atoms with Gasteiger partial charge >= 0.3 is 0 Å². The SMILES string of the molecule is O[C@H]1CC[C@H]2C[C@H]1CC[C@@H]2O. The van der Waals surface area contributed by atoms with E-state index in [1.807, 2.05) is 0 Å². The molecular formula is C9H16O2. The molecule has 2 aliphatic rings. The van der Waals surface area contributed by atoms with Crippen LogP contribution in [0.1, 0.15) is 32.1 Å². The smallest absolute Gasteiger partial charge is 0.0568 e. The largest absolute Gasteiger partial charge is 0.393 e. The molecule has 4 atom stereocenters. The van der Waals surface area contributed by atoms with E-state index < -0.39 is 0 Å². The van der Waals surface area contributed by atoms with Gasteiger partial charge in [0.25, 0.3) is 0 Å². The van der Waals surface area contributed by atoms with Crippen molar-refractivity contribution < 1.29 is 10.2 Å². The summed E-state index contributed by atoms with van der Waals surface area (Å²) in [5.41, 5.74) is 0. The van der Waals surface area contributed by atoms with Gasteiger partial charge in [-0.1, -0.05) is 0 Å². The third-order valence-electron chi connectivity index (χ3n) is 3.36. The second kappa shape index (κ2) is 2.76. The number of hydrogen-bond acceptors (Lipinski definition) is 2. The van der Waals surface area contributed by atoms with Gasteiger partial charge in [0, 0.05) is 0 Å². The molecule has 0 aromatic heterocycles. The summed E-state index contributed by atoms with van der Waals surface area (Å²) in [5, 5.41) is 19.1. The van der Waals surface area contributed by atoms with E-state index in [-0.39, 0.29) is 12.2 Å². The number of fused-ring (bicyclic) bond motifs is 2. The third-order valence-corrected chi connectivity index (χ3v) is 3.36. The fourth-order valence-electron chi connectivity index (χ4n) is 2.56. The van der Waals surface area contributed by atoms with Gasteiger partial charge in [-0.25, -0.2) is 0 Å². The van der Waals surface area contributed by atoms with Crippen LogP contribution in [0.25, 0.3) is 0 Å². The summed E-state index contributed by atoms with van der Waals surface area (Å²) in [4.78, 5) is 0. The van der Waals surface area contributed by atoms with E-state index in [2.05, 4.69) is 0 Å². The first-order chi connectivity index (χ1) is 5.27. The Hall–Kier alpha value is -0.0800. The van der Waals surface area contributed by atoms with Crippen molar-refractivity contribution in [2.24, 2.45) is 11.8 Å². The zero-order valence-corrected chi connectivity index (χ0v) is 6.74. The van der Waals surface area contributed by atoms with Gasteiger partial charge in [0.15, 0.2) is 0 Å². The molecule has 0 radical (unpaired) electrons. The first-order valence-electron chi connectivity index (χ1n) is 4.63. The summed E-state index contributed by atoms with van der Waals surface area (Å²) in [6.45, 7) is 0. The molecular weight excluding hydrogens is 140 g/mol. The van der Waals surface area contributed by atoms with Crippen molar-refractivity contribution in [1.29, 1.82) is 0 Å². The van der Waals surface area contributed by atoms with Crippen LogP contribution in [-0.2, 0) is 0 Å². The van der Waals surface area contributed by atoms with E-state index in [0.717, 1.165) is 32.1 Å². The maximum absolute atomic E-state index is 9.53. The van der Waals surface area contributed by atoms with Gasteiger partial charge in [-0.2, -0.15) is 0 Å². The van der Waals surface area contributed by atoms with Crippen LogP contribution in [0.4, 0.5) is 0 Å². The Morgan fingerprint density at radius 2 is 1.18 bits per heavy atom. The maximum atomic E-state index is 9.53. The molecule has 0 spiro atoms. The lowest BCUT2D eigenvalue weighted by Crippen LogP contribution is -2.39. The monoisotopic (exact) mass is 156 g/mol. The molecule has 2 fully saturated rings. The highest BCUT2D eigenvalue weighted by molar-refractivity contribution is 4.88. The molecule has 2 heteroatoms. The number of aliphatic hydroxyl groups is 2. The Morgan fingerprint density at radius 1 is 0.727 bits per heavy atom. The Balaban J connectivity index is 2.02. The number of rotatable bonds is 0. The summed E-state index contributed by atoms with van der Waals surface area (Å²) < 4.78 is 0. The molecule has 2 saturated carbocycles. The summed E-state index contributed by atoms with van der Waals surface area (Å²) in [6.07, 6.45) is 4.79. The predicted octanol–water partition coefficient (Wildman–Crippen LogP) is 0.918. The molecule has 0 aromatic rings. The van der Waals surface area contributed by atoms with Gasteiger partial charge in [-0.3, -0.25) is 0 Å². The molecule has 2 nitrogen and oxygen atoms in total. The van der Waals surface area contributed by atoms with Crippen molar-refractivity contribution in [3.8, 4) is 0 Å². The van der Waals surface area contributed by atoms with Gasteiger partial charge in [-0.05, 0) is 43.9 Å². The lowest BCUT2D eigenvalue weighted by atomic mass is 9.69. The minimum Gasteiger partial charge on any atom is -0.393 e. The normalized spacial score (nSPS) is 50.7. The second-order valence-electron chi connectivity index (χ2n) is 4.05. The average Bonchev–Trinajstić information content (AvgIpc) is 2.02. The average molecular weight is 156 g/mol. The van der Waals surface area contributed by atoms with Crippen molar-refractivity contribution in [3.63, 3.8) is 0 Å². The van der Waals surface area contributed by atoms with Crippen LogP contribution >= 0.6 is 0 Å². The van der Waals surface area contributed by atoms with Gasteiger partial charge in [0.1, 0.15) is 0 Å². The Labute approximate surface area is 67.2 Å². The standard InChI is InChI=1S/C9H16O2/c10-8-3-1-6-5-7(8)2-4-9(6)11/h6-11H,1-5H2/t6-,7+,8-,9-/m0/s1. The minimum atomic E-state index is -0.0706. The van der Waals surface area contributed by atoms with Gasteiger partial charge < -0.3 is 10.2 Å². The van der Waals surface area contributed by atoms with Crippen LogP contribution in [0.5, 0.6) is 0 Å². The van der Waals surface area contributed by atoms with Gasteiger partial charge in [0.05, 0.1) is 12.2 Å². The summed E-state index contributed by atoms with van der Waals surface area (Å²) in [7, 11) is 0. The van der Waals surface area contributed by atoms with Crippen molar-refractivity contribution >= 4 is 0 Å². The molecule has 2 aliphatic carbocycles. The first kappa shape index (κ1) is 7.56. The van der Waals surface area contributed by atoms with Crippen molar-refractivity contribution in [3.05, 3.63) is 0 Å². The van der Waals surface area contributed by atoms with E-state index in [4.69, 9.17) is 0 Å². The molecule has 0 saturated heterocycles. The number of aliphatic hydroxyl groups excluding tert-OH is 2. The fourth-order valence-corrected chi connectivity index (χ4v) is 2.56. The Bertz CT molecular complexity index is 130. The van der Waals surface area contributed by atoms with E-state index in [0.29, 0.717) is 11.8 Å². The lowest BCUT2D eigenvalue weighted by molar-refractivity contribution is -0.0381. The second-order valence-corrected chi connectivity index (χ2v) is 4.05. The highest BCUT2D eigenvalue weighted by atomic mass is 16.3. The molecule has 0 aliphatic heterocycles. The maximum Gasteiger partial charge on any atom is 0.0568 e. The van der Waals surface area contributed by atoms with Crippen LogP contribution < -0.4 is 0 Å². The minimum absolute atomic E-state index is 0.0706. The van der Waals surface area contributed by atoms with E-state index >= 15 is 0 Å². The van der Waals surface area contributed by atoms with Crippen LogP contribution in [-0.4, -0.2) is 22.4 Å². The van der Waals surface area contributed by atoms with Crippen LogP contribution in [0.3, 0.4) is 0 Å².